The predicted octanol–water partition coefficient (Wildman–Crippen LogP) is 9.31. The second-order valence-electron chi connectivity index (χ2n) is 15.8. The van der Waals surface area contributed by atoms with E-state index in [4.69, 9.17) is 4.84 Å². The molecule has 0 saturated carbocycles. The van der Waals surface area contributed by atoms with Crippen LogP contribution in [0, 0.1) is 0 Å². The summed E-state index contributed by atoms with van der Waals surface area (Å²) in [5.41, 5.74) is 12.1. The molecular formula is C46H54N3O2+. The van der Waals surface area contributed by atoms with E-state index < -0.39 is 0 Å². The van der Waals surface area contributed by atoms with Gasteiger partial charge in [-0.05, 0) is 115 Å². The minimum Gasteiger partial charge on any atom is -0.347 e. The van der Waals surface area contributed by atoms with Gasteiger partial charge in [0.1, 0.15) is 11.7 Å². The highest BCUT2D eigenvalue weighted by Gasteiger charge is 2.48. The van der Waals surface area contributed by atoms with Crippen LogP contribution >= 0.6 is 0 Å². The Morgan fingerprint density at radius 1 is 0.882 bits per heavy atom. The van der Waals surface area contributed by atoms with Gasteiger partial charge in [-0.3, -0.25) is 14.5 Å². The molecule has 1 aliphatic carbocycles. The van der Waals surface area contributed by atoms with Gasteiger partial charge in [-0.1, -0.05) is 86.7 Å². The third-order valence-corrected chi connectivity index (χ3v) is 11.8. The van der Waals surface area contributed by atoms with E-state index >= 15 is 0 Å². The zero-order chi connectivity index (χ0) is 35.8. The molecule has 264 valence electrons. The van der Waals surface area contributed by atoms with Crippen molar-refractivity contribution in [1.29, 1.82) is 0 Å². The van der Waals surface area contributed by atoms with Gasteiger partial charge in [-0.15, -0.1) is 0 Å². The fourth-order valence-electron chi connectivity index (χ4n) is 9.32. The van der Waals surface area contributed by atoms with Crippen LogP contribution in [0.1, 0.15) is 83.8 Å². The quantitative estimate of drug-likeness (QED) is 0.130. The van der Waals surface area contributed by atoms with E-state index in [2.05, 4.69) is 148 Å². The summed E-state index contributed by atoms with van der Waals surface area (Å²) in [6.07, 6.45) is 19.0. The molecule has 2 heterocycles. The van der Waals surface area contributed by atoms with E-state index in [9.17, 15) is 4.79 Å². The Hall–Kier alpha value is -4.45. The molecule has 7 rings (SSSR count). The van der Waals surface area contributed by atoms with Crippen LogP contribution in [-0.2, 0) is 20.5 Å². The van der Waals surface area contributed by atoms with E-state index in [-0.39, 0.29) is 16.7 Å². The molecule has 5 heteroatoms. The molecule has 3 aliphatic rings. The maximum absolute atomic E-state index is 11.9. The van der Waals surface area contributed by atoms with Gasteiger partial charge in [-0.25, -0.2) is 5.48 Å². The van der Waals surface area contributed by atoms with Gasteiger partial charge in [0.15, 0.2) is 0 Å². The monoisotopic (exact) mass is 680 g/mol. The van der Waals surface area contributed by atoms with Crippen LogP contribution in [0.2, 0.25) is 0 Å². The van der Waals surface area contributed by atoms with Crippen LogP contribution in [0.5, 0.6) is 0 Å². The maximum atomic E-state index is 11.9. The van der Waals surface area contributed by atoms with Crippen LogP contribution < -0.4 is 15.3 Å². The van der Waals surface area contributed by atoms with Crippen molar-refractivity contribution in [2.45, 2.75) is 89.5 Å². The summed E-state index contributed by atoms with van der Waals surface area (Å²) in [4.78, 5) is 20.6. The average Bonchev–Trinajstić information content (AvgIpc) is 3.47. The SMILES string of the molecule is CONC(=O)CCCCC[NH+]1c2ccc3ccccc3c2C(C)(C)C1C=CC1=CC(=CC=C2N(C)c3ccc4ccccc4c3C2(C)C)CCC1. The number of carbonyl (C=O) groups excluding carboxylic acids is 1. The van der Waals surface area contributed by atoms with Crippen LogP contribution in [0.4, 0.5) is 11.4 Å². The largest absolute Gasteiger partial charge is 0.347 e. The molecular weight excluding hydrogens is 627 g/mol. The Balaban J connectivity index is 1.14. The van der Waals surface area contributed by atoms with Crippen LogP contribution in [0.15, 0.2) is 120 Å². The first-order chi connectivity index (χ1) is 24.6. The number of likely N-dealkylation sites (N-methyl/N-ethyl adjacent to an activating group) is 1. The number of benzene rings is 4. The average molecular weight is 681 g/mol. The summed E-state index contributed by atoms with van der Waals surface area (Å²) < 4.78 is 0. The summed E-state index contributed by atoms with van der Waals surface area (Å²) in [6.45, 7) is 10.6. The molecule has 2 atom stereocenters. The summed E-state index contributed by atoms with van der Waals surface area (Å²) in [6, 6.07) is 27.1. The third kappa shape index (κ3) is 6.58. The second kappa shape index (κ2) is 14.3. The number of amides is 1. The number of hydroxylamine groups is 1. The third-order valence-electron chi connectivity index (χ3n) is 11.8. The summed E-state index contributed by atoms with van der Waals surface area (Å²) in [5.74, 6) is -0.0483. The molecule has 0 spiro atoms. The van der Waals surface area contributed by atoms with Crippen molar-refractivity contribution < 1.29 is 14.5 Å². The number of anilines is 1. The fraction of sp³-hybridized carbons (Fsp3) is 0.370. The maximum Gasteiger partial charge on any atom is 0.243 e. The van der Waals surface area contributed by atoms with Crippen molar-refractivity contribution in [3.8, 4) is 0 Å². The number of unbranched alkanes of at least 4 members (excludes halogenated alkanes) is 2. The number of nitrogens with zero attached hydrogens (tertiary/aromatic N) is 1. The Labute approximate surface area is 304 Å². The molecule has 5 nitrogen and oxygen atoms in total. The highest BCUT2D eigenvalue weighted by molar-refractivity contribution is 5.95. The van der Waals surface area contributed by atoms with Gasteiger partial charge < -0.3 is 4.90 Å². The zero-order valence-electron chi connectivity index (χ0n) is 31.3. The van der Waals surface area contributed by atoms with Crippen LogP contribution in [0.25, 0.3) is 21.5 Å². The Kier molecular flexibility index (Phi) is 9.80. The van der Waals surface area contributed by atoms with E-state index in [0.29, 0.717) is 12.5 Å². The molecule has 1 amide bonds. The van der Waals surface area contributed by atoms with Crippen molar-refractivity contribution in [3.05, 3.63) is 131 Å². The number of hydrogen-bond acceptors (Lipinski definition) is 3. The van der Waals surface area contributed by atoms with E-state index in [1.54, 1.807) is 0 Å². The smallest absolute Gasteiger partial charge is 0.243 e. The molecule has 0 radical (unpaired) electrons. The molecule has 0 bridgehead atoms. The second-order valence-corrected chi connectivity index (χ2v) is 15.8. The Morgan fingerprint density at radius 2 is 1.59 bits per heavy atom. The van der Waals surface area contributed by atoms with E-state index in [1.165, 1.54) is 79.3 Å². The minimum atomic E-state index is -0.0844. The standard InChI is InChI=1S/C46H53N3O2/c1-45(2)40(48(5)38-26-24-34-17-9-11-19-36(34)43(38)45)28-22-32-15-14-16-33(31-32)23-29-41-46(3,4)44-37-20-12-10-18-35(37)25-27-39(44)49(41)30-13-7-8-21-42(50)47-51-6/h9-12,17-20,22-29,31,41H,7-8,13-16,21,30H2,1-6H3,(H,47,50)/p+1. The van der Waals surface area contributed by atoms with Crippen molar-refractivity contribution in [1.82, 2.24) is 5.48 Å². The minimum absolute atomic E-state index is 0.0312. The number of fused-ring (bicyclic) bond motifs is 6. The molecule has 2 unspecified atom stereocenters. The lowest BCUT2D eigenvalue weighted by Gasteiger charge is -2.28. The summed E-state index contributed by atoms with van der Waals surface area (Å²) in [7, 11) is 3.70. The first-order valence-electron chi connectivity index (χ1n) is 18.9. The molecule has 2 N–H and O–H groups in total. The first kappa shape index (κ1) is 35.0. The number of rotatable bonds is 10. The predicted molar refractivity (Wildman–Crippen MR) is 212 cm³/mol. The van der Waals surface area contributed by atoms with Gasteiger partial charge in [0.2, 0.25) is 5.91 Å². The summed E-state index contributed by atoms with van der Waals surface area (Å²) in [5, 5.41) is 5.33. The highest BCUT2D eigenvalue weighted by Crippen LogP contribution is 2.50. The van der Waals surface area contributed by atoms with Gasteiger partial charge in [-0.2, -0.15) is 0 Å². The molecule has 51 heavy (non-hydrogen) atoms. The van der Waals surface area contributed by atoms with Gasteiger partial charge in [0.25, 0.3) is 0 Å². The summed E-state index contributed by atoms with van der Waals surface area (Å²) >= 11 is 0. The van der Waals surface area contributed by atoms with Crippen molar-refractivity contribution in [2.75, 3.05) is 25.6 Å². The number of nitrogens with one attached hydrogen (secondary N) is 2. The number of carbonyl (C=O) groups is 1. The molecule has 4 aromatic carbocycles. The number of allylic oxidation sites excluding steroid dienone is 7. The van der Waals surface area contributed by atoms with E-state index in [0.717, 1.165) is 38.6 Å². The van der Waals surface area contributed by atoms with Crippen molar-refractivity contribution in [3.63, 3.8) is 0 Å². The lowest BCUT2D eigenvalue weighted by Crippen LogP contribution is -3.10. The topological polar surface area (TPSA) is 46.0 Å². The fourth-order valence-corrected chi connectivity index (χ4v) is 9.32. The molecule has 0 fully saturated rings. The highest BCUT2D eigenvalue weighted by atomic mass is 16.6. The molecule has 0 saturated heterocycles. The first-order valence-corrected chi connectivity index (χ1v) is 18.9. The lowest BCUT2D eigenvalue weighted by atomic mass is 9.78. The zero-order valence-corrected chi connectivity index (χ0v) is 31.3. The van der Waals surface area contributed by atoms with Gasteiger partial charge >= 0.3 is 0 Å². The molecule has 4 aromatic rings. The van der Waals surface area contributed by atoms with Gasteiger partial charge in [0.05, 0.1) is 19.1 Å². The van der Waals surface area contributed by atoms with Gasteiger partial charge in [0, 0.05) is 41.9 Å². The Morgan fingerprint density at radius 3 is 2.33 bits per heavy atom. The van der Waals surface area contributed by atoms with E-state index in [1.807, 2.05) is 0 Å². The Bertz CT molecular complexity index is 2080. The number of hydrogen-bond donors (Lipinski definition) is 2. The van der Waals surface area contributed by atoms with Crippen LogP contribution in [-0.4, -0.2) is 32.7 Å². The van der Waals surface area contributed by atoms with Crippen molar-refractivity contribution >= 4 is 38.8 Å². The normalized spacial score (nSPS) is 22.2. The van der Waals surface area contributed by atoms with Crippen molar-refractivity contribution in [2.24, 2.45) is 0 Å². The molecule has 2 aliphatic heterocycles. The number of quaternary nitrogens is 1. The lowest BCUT2D eigenvalue weighted by molar-refractivity contribution is -0.850. The van der Waals surface area contributed by atoms with Crippen LogP contribution in [0.3, 0.4) is 0 Å². The molecule has 0 aromatic heterocycles.